The average Bonchev–Trinajstić information content (AvgIpc) is 2.82. The number of aryl methyl sites for hydroxylation is 1. The average molecular weight is 442 g/mol. The minimum Gasteiger partial charge on any atom is -0.505 e. The molecule has 2 aromatic carbocycles. The van der Waals surface area contributed by atoms with Crippen LogP contribution in [0.2, 0.25) is 0 Å². The Hall–Kier alpha value is -3.10. The zero-order valence-corrected chi connectivity index (χ0v) is 18.3. The van der Waals surface area contributed by atoms with Gasteiger partial charge in [-0.1, -0.05) is 6.07 Å². The molecular formula is C24H27FN2O5. The number of phenolic OH excluding ortho intramolecular Hbond substituents is 1. The fraction of sp³-hybridized carbons (Fsp3) is 0.375. The maximum absolute atomic E-state index is 14.4. The standard InChI is InChI=1S/C24H27FN2O5/c1-16-4-5-20(23(25)24(16)28)32-19-6-7-26-18-15-22(21(29-2)14-17(18)19)31-11-3-8-27-9-12-30-13-10-27/h4-7,14-15,28H,3,8-13H2,1-2H3. The highest BCUT2D eigenvalue weighted by Crippen LogP contribution is 2.38. The van der Waals surface area contributed by atoms with E-state index in [1.54, 1.807) is 44.5 Å². The van der Waals surface area contributed by atoms with E-state index in [0.717, 1.165) is 39.3 Å². The van der Waals surface area contributed by atoms with Crippen molar-refractivity contribution in [1.82, 2.24) is 9.88 Å². The summed E-state index contributed by atoms with van der Waals surface area (Å²) in [7, 11) is 1.57. The van der Waals surface area contributed by atoms with Crippen LogP contribution in [0.1, 0.15) is 12.0 Å². The molecule has 7 nitrogen and oxygen atoms in total. The van der Waals surface area contributed by atoms with E-state index in [4.69, 9.17) is 18.9 Å². The molecule has 0 spiro atoms. The first-order valence-electron chi connectivity index (χ1n) is 10.6. The summed E-state index contributed by atoms with van der Waals surface area (Å²) in [6.45, 7) is 6.57. The molecule has 0 amide bonds. The number of pyridine rings is 1. The van der Waals surface area contributed by atoms with Crippen molar-refractivity contribution >= 4 is 10.9 Å². The van der Waals surface area contributed by atoms with E-state index < -0.39 is 11.6 Å². The van der Waals surface area contributed by atoms with Crippen molar-refractivity contribution in [1.29, 1.82) is 0 Å². The molecular weight excluding hydrogens is 415 g/mol. The van der Waals surface area contributed by atoms with Crippen LogP contribution in [-0.2, 0) is 4.74 Å². The molecule has 0 atom stereocenters. The molecule has 0 radical (unpaired) electrons. The van der Waals surface area contributed by atoms with Gasteiger partial charge in [0, 0.05) is 37.3 Å². The minimum atomic E-state index is -0.804. The maximum Gasteiger partial charge on any atom is 0.207 e. The highest BCUT2D eigenvalue weighted by Gasteiger charge is 2.16. The molecule has 1 saturated heterocycles. The van der Waals surface area contributed by atoms with E-state index in [-0.39, 0.29) is 5.75 Å². The van der Waals surface area contributed by atoms with Crippen LogP contribution in [0.5, 0.6) is 28.7 Å². The number of benzene rings is 2. The van der Waals surface area contributed by atoms with Gasteiger partial charge in [-0.2, -0.15) is 4.39 Å². The summed E-state index contributed by atoms with van der Waals surface area (Å²) in [6, 6.07) is 8.28. The van der Waals surface area contributed by atoms with Crippen LogP contribution in [0.15, 0.2) is 36.5 Å². The van der Waals surface area contributed by atoms with E-state index >= 15 is 0 Å². The van der Waals surface area contributed by atoms with Crippen molar-refractivity contribution in [2.24, 2.45) is 0 Å². The number of nitrogens with zero attached hydrogens (tertiary/aromatic N) is 2. The number of ether oxygens (including phenoxy) is 4. The van der Waals surface area contributed by atoms with Crippen molar-refractivity contribution in [3.05, 3.63) is 47.9 Å². The van der Waals surface area contributed by atoms with Crippen molar-refractivity contribution in [3.63, 3.8) is 0 Å². The molecule has 0 unspecified atom stereocenters. The number of morpholine rings is 1. The second kappa shape index (κ2) is 10.0. The largest absolute Gasteiger partial charge is 0.505 e. The van der Waals surface area contributed by atoms with Crippen LogP contribution in [0.25, 0.3) is 10.9 Å². The van der Waals surface area contributed by atoms with Crippen LogP contribution >= 0.6 is 0 Å². The lowest BCUT2D eigenvalue weighted by atomic mass is 10.1. The molecule has 8 heteroatoms. The molecule has 0 bridgehead atoms. The fourth-order valence-corrected chi connectivity index (χ4v) is 3.62. The predicted octanol–water partition coefficient (Wildman–Crippen LogP) is 4.29. The molecule has 1 aromatic heterocycles. The fourth-order valence-electron chi connectivity index (χ4n) is 3.62. The highest BCUT2D eigenvalue weighted by molar-refractivity contribution is 5.88. The number of aromatic hydroxyl groups is 1. The number of methoxy groups -OCH3 is 1. The number of fused-ring (bicyclic) bond motifs is 1. The molecule has 1 fully saturated rings. The first kappa shape index (κ1) is 22.1. The third-order valence-electron chi connectivity index (χ3n) is 5.47. The molecule has 1 aliphatic heterocycles. The molecule has 3 aromatic rings. The summed E-state index contributed by atoms with van der Waals surface area (Å²) >= 11 is 0. The van der Waals surface area contributed by atoms with Gasteiger partial charge in [0.25, 0.3) is 0 Å². The van der Waals surface area contributed by atoms with E-state index in [2.05, 4.69) is 9.88 Å². The molecule has 0 saturated carbocycles. The molecule has 170 valence electrons. The van der Waals surface area contributed by atoms with E-state index in [1.165, 1.54) is 6.07 Å². The van der Waals surface area contributed by atoms with Crippen LogP contribution < -0.4 is 14.2 Å². The summed E-state index contributed by atoms with van der Waals surface area (Å²) in [5.74, 6) is 0.227. The Labute approximate surface area is 186 Å². The second-order valence-electron chi connectivity index (χ2n) is 7.63. The third-order valence-corrected chi connectivity index (χ3v) is 5.47. The molecule has 4 rings (SSSR count). The monoisotopic (exact) mass is 442 g/mol. The van der Waals surface area contributed by atoms with Gasteiger partial charge in [0.1, 0.15) is 5.75 Å². The second-order valence-corrected chi connectivity index (χ2v) is 7.63. The van der Waals surface area contributed by atoms with Crippen molar-refractivity contribution in [2.45, 2.75) is 13.3 Å². The van der Waals surface area contributed by atoms with Crippen molar-refractivity contribution in [3.8, 4) is 28.7 Å². The number of phenols is 1. The Morgan fingerprint density at radius 3 is 2.69 bits per heavy atom. The maximum atomic E-state index is 14.4. The minimum absolute atomic E-state index is 0.0667. The van der Waals surface area contributed by atoms with E-state index in [0.29, 0.717) is 40.3 Å². The normalized spacial score (nSPS) is 14.5. The molecule has 0 aliphatic carbocycles. The van der Waals surface area contributed by atoms with Crippen molar-refractivity contribution in [2.75, 3.05) is 46.6 Å². The number of hydrogen-bond donors (Lipinski definition) is 1. The lowest BCUT2D eigenvalue weighted by Gasteiger charge is -2.26. The Kier molecular flexibility index (Phi) is 6.92. The first-order chi connectivity index (χ1) is 15.6. The smallest absolute Gasteiger partial charge is 0.207 e. The van der Waals surface area contributed by atoms with Crippen LogP contribution in [0.3, 0.4) is 0 Å². The van der Waals surface area contributed by atoms with Crippen LogP contribution in [-0.4, -0.2) is 61.6 Å². The third kappa shape index (κ3) is 4.87. The number of halogens is 1. The van der Waals surface area contributed by atoms with Crippen LogP contribution in [0, 0.1) is 12.7 Å². The summed E-state index contributed by atoms with van der Waals surface area (Å²) in [6.07, 6.45) is 2.46. The van der Waals surface area contributed by atoms with Gasteiger partial charge in [-0.25, -0.2) is 0 Å². The Morgan fingerprint density at radius 2 is 1.91 bits per heavy atom. The lowest BCUT2D eigenvalue weighted by molar-refractivity contribution is 0.0357. The van der Waals surface area contributed by atoms with Gasteiger partial charge in [0.05, 0.1) is 32.4 Å². The van der Waals surface area contributed by atoms with Crippen LogP contribution in [0.4, 0.5) is 4.39 Å². The number of rotatable bonds is 8. The number of hydrogen-bond acceptors (Lipinski definition) is 7. The topological polar surface area (TPSA) is 73.3 Å². The predicted molar refractivity (Wildman–Crippen MR) is 119 cm³/mol. The Bertz CT molecular complexity index is 1090. The molecule has 1 aliphatic rings. The summed E-state index contributed by atoms with van der Waals surface area (Å²) in [4.78, 5) is 6.75. The highest BCUT2D eigenvalue weighted by atomic mass is 19.1. The lowest BCUT2D eigenvalue weighted by Crippen LogP contribution is -2.37. The quantitative estimate of drug-likeness (QED) is 0.522. The zero-order valence-electron chi connectivity index (χ0n) is 18.3. The van der Waals surface area contributed by atoms with E-state index in [9.17, 15) is 9.50 Å². The SMILES string of the molecule is COc1cc2c(Oc3ccc(C)c(O)c3F)ccnc2cc1OCCCN1CCOCC1. The van der Waals surface area contributed by atoms with Crippen molar-refractivity contribution < 1.29 is 28.4 Å². The van der Waals surface area contributed by atoms with Gasteiger partial charge in [-0.3, -0.25) is 9.88 Å². The first-order valence-corrected chi connectivity index (χ1v) is 10.6. The summed E-state index contributed by atoms with van der Waals surface area (Å²) in [5, 5.41) is 10.5. The van der Waals surface area contributed by atoms with Gasteiger partial charge < -0.3 is 24.1 Å². The molecule has 2 heterocycles. The Morgan fingerprint density at radius 1 is 1.09 bits per heavy atom. The van der Waals surface area contributed by atoms with Gasteiger partial charge in [0.2, 0.25) is 5.82 Å². The zero-order chi connectivity index (χ0) is 22.5. The van der Waals surface area contributed by atoms with Gasteiger partial charge in [-0.15, -0.1) is 0 Å². The van der Waals surface area contributed by atoms with E-state index in [1.807, 2.05) is 0 Å². The summed E-state index contributed by atoms with van der Waals surface area (Å²) < 4.78 is 37.1. The summed E-state index contributed by atoms with van der Waals surface area (Å²) in [5.41, 5.74) is 1.06. The van der Waals surface area contributed by atoms with Gasteiger partial charge in [0.15, 0.2) is 23.0 Å². The molecule has 1 N–H and O–H groups in total. The number of aromatic nitrogens is 1. The Balaban J connectivity index is 1.51. The molecule has 32 heavy (non-hydrogen) atoms. The van der Waals surface area contributed by atoms with Gasteiger partial charge in [-0.05, 0) is 37.1 Å². The van der Waals surface area contributed by atoms with Gasteiger partial charge >= 0.3 is 0 Å².